The fraction of sp³-hybridized carbons (Fsp3) is 0. The summed E-state index contributed by atoms with van der Waals surface area (Å²) in [5.41, 5.74) is 2.38. The molecule has 2 heterocycles. The molecule has 0 saturated carbocycles. The molecule has 0 spiro atoms. The number of non-ortho nitro benzene ring substituents is 1. The Bertz CT molecular complexity index is 867. The van der Waals surface area contributed by atoms with Crippen LogP contribution in [0.2, 0.25) is 0 Å². The van der Waals surface area contributed by atoms with Gasteiger partial charge in [-0.3, -0.25) is 14.9 Å². The standard InChI is InChI=1S/C14H9N3O4S/c18-14(16-15-8-11-2-1-5-21-11)13-7-9-6-10(17(19)20)3-4-12(9)22-13/h1-8H,(H,16,18). The van der Waals surface area contributed by atoms with E-state index < -0.39 is 4.92 Å². The highest BCUT2D eigenvalue weighted by atomic mass is 32.1. The van der Waals surface area contributed by atoms with E-state index in [9.17, 15) is 14.9 Å². The predicted octanol–water partition coefficient (Wildman–Crippen LogP) is 3.17. The zero-order valence-corrected chi connectivity index (χ0v) is 11.9. The fourth-order valence-corrected chi connectivity index (χ4v) is 2.76. The maximum atomic E-state index is 12.0. The molecule has 0 radical (unpaired) electrons. The van der Waals surface area contributed by atoms with Gasteiger partial charge >= 0.3 is 0 Å². The SMILES string of the molecule is O=C(NN=Cc1ccco1)c1cc2cc([N+](=O)[O-])ccc2s1. The molecule has 22 heavy (non-hydrogen) atoms. The van der Waals surface area contributed by atoms with E-state index in [1.54, 1.807) is 24.3 Å². The van der Waals surface area contributed by atoms with E-state index in [-0.39, 0.29) is 11.6 Å². The largest absolute Gasteiger partial charge is 0.463 e. The van der Waals surface area contributed by atoms with E-state index in [2.05, 4.69) is 10.5 Å². The van der Waals surface area contributed by atoms with Gasteiger partial charge in [0.25, 0.3) is 11.6 Å². The van der Waals surface area contributed by atoms with E-state index in [4.69, 9.17) is 4.42 Å². The number of fused-ring (bicyclic) bond motifs is 1. The number of amides is 1. The smallest absolute Gasteiger partial charge is 0.281 e. The van der Waals surface area contributed by atoms with Crippen molar-refractivity contribution in [3.63, 3.8) is 0 Å². The summed E-state index contributed by atoms with van der Waals surface area (Å²) in [4.78, 5) is 22.7. The topological polar surface area (TPSA) is 97.7 Å². The molecule has 1 N–H and O–H groups in total. The Kier molecular flexibility index (Phi) is 3.67. The molecule has 0 unspecified atom stereocenters. The third-order valence-electron chi connectivity index (χ3n) is 2.84. The van der Waals surface area contributed by atoms with Gasteiger partial charge in [0.05, 0.1) is 22.3 Å². The summed E-state index contributed by atoms with van der Waals surface area (Å²) in [6.45, 7) is 0. The van der Waals surface area contributed by atoms with Gasteiger partial charge in [0.15, 0.2) is 0 Å². The summed E-state index contributed by atoms with van der Waals surface area (Å²) in [6, 6.07) is 9.49. The summed E-state index contributed by atoms with van der Waals surface area (Å²) >= 11 is 1.24. The summed E-state index contributed by atoms with van der Waals surface area (Å²) in [7, 11) is 0. The van der Waals surface area contributed by atoms with Crippen LogP contribution in [0.4, 0.5) is 5.69 Å². The number of hydrogen-bond donors (Lipinski definition) is 1. The van der Waals surface area contributed by atoms with Gasteiger partial charge in [-0.15, -0.1) is 11.3 Å². The number of benzene rings is 1. The normalized spacial score (nSPS) is 11.1. The lowest BCUT2D eigenvalue weighted by Crippen LogP contribution is -2.15. The van der Waals surface area contributed by atoms with Crippen LogP contribution in [0.3, 0.4) is 0 Å². The molecule has 0 aliphatic carbocycles. The number of nitro benzene ring substituents is 1. The molecule has 3 rings (SSSR count). The summed E-state index contributed by atoms with van der Waals surface area (Å²) in [5.74, 6) is 0.138. The van der Waals surface area contributed by atoms with Crippen LogP contribution in [0.25, 0.3) is 10.1 Å². The zero-order valence-electron chi connectivity index (χ0n) is 11.1. The molecular weight excluding hydrogens is 306 g/mol. The molecular formula is C14H9N3O4S. The highest BCUT2D eigenvalue weighted by molar-refractivity contribution is 7.20. The van der Waals surface area contributed by atoms with Crippen LogP contribution in [-0.4, -0.2) is 17.0 Å². The first kappa shape index (κ1) is 14.0. The van der Waals surface area contributed by atoms with Crippen LogP contribution < -0.4 is 5.43 Å². The number of nitrogens with zero attached hydrogens (tertiary/aromatic N) is 2. The minimum absolute atomic E-state index is 0.00639. The average Bonchev–Trinajstić information content (AvgIpc) is 3.15. The Morgan fingerprint density at radius 1 is 1.36 bits per heavy atom. The second-order valence-corrected chi connectivity index (χ2v) is 5.39. The Morgan fingerprint density at radius 2 is 2.23 bits per heavy atom. The second kappa shape index (κ2) is 5.78. The van der Waals surface area contributed by atoms with E-state index in [0.29, 0.717) is 16.0 Å². The molecule has 0 bridgehead atoms. The maximum absolute atomic E-state index is 12.0. The number of hydrazone groups is 1. The third-order valence-corrected chi connectivity index (χ3v) is 3.95. The molecule has 110 valence electrons. The Morgan fingerprint density at radius 3 is 2.95 bits per heavy atom. The van der Waals surface area contributed by atoms with Crippen molar-refractivity contribution in [3.05, 3.63) is 63.4 Å². The minimum Gasteiger partial charge on any atom is -0.463 e. The number of hydrogen-bond acceptors (Lipinski definition) is 6. The van der Waals surface area contributed by atoms with E-state index in [1.807, 2.05) is 0 Å². The van der Waals surface area contributed by atoms with Crippen molar-refractivity contribution in [2.45, 2.75) is 0 Å². The minimum atomic E-state index is -0.468. The number of carbonyl (C=O) groups is 1. The van der Waals surface area contributed by atoms with E-state index in [0.717, 1.165) is 4.70 Å². The fourth-order valence-electron chi connectivity index (χ4n) is 1.83. The van der Waals surface area contributed by atoms with Crippen LogP contribution in [0.15, 0.2) is 52.2 Å². The first-order valence-corrected chi connectivity index (χ1v) is 7.00. The third kappa shape index (κ3) is 2.86. The van der Waals surface area contributed by atoms with Crippen LogP contribution in [0.1, 0.15) is 15.4 Å². The van der Waals surface area contributed by atoms with Crippen LogP contribution in [0, 0.1) is 10.1 Å². The lowest BCUT2D eigenvalue weighted by atomic mass is 10.2. The molecule has 0 aliphatic heterocycles. The van der Waals surface area contributed by atoms with Crippen molar-refractivity contribution in [3.8, 4) is 0 Å². The van der Waals surface area contributed by atoms with Crippen LogP contribution in [0.5, 0.6) is 0 Å². The van der Waals surface area contributed by atoms with Gasteiger partial charge < -0.3 is 4.42 Å². The number of nitrogens with one attached hydrogen (secondary N) is 1. The van der Waals surface area contributed by atoms with Gasteiger partial charge in [-0.05, 0) is 24.3 Å². The highest BCUT2D eigenvalue weighted by Gasteiger charge is 2.12. The highest BCUT2D eigenvalue weighted by Crippen LogP contribution is 2.28. The molecule has 0 saturated heterocycles. The molecule has 2 aromatic heterocycles. The summed E-state index contributed by atoms with van der Waals surface area (Å²) in [5, 5.41) is 15.2. The number of carbonyl (C=O) groups excluding carboxylic acids is 1. The van der Waals surface area contributed by atoms with Gasteiger partial charge in [-0.2, -0.15) is 5.10 Å². The van der Waals surface area contributed by atoms with Crippen LogP contribution in [-0.2, 0) is 0 Å². The van der Waals surface area contributed by atoms with Gasteiger partial charge in [-0.1, -0.05) is 0 Å². The second-order valence-electron chi connectivity index (χ2n) is 4.30. The lowest BCUT2D eigenvalue weighted by molar-refractivity contribution is -0.384. The first-order chi connectivity index (χ1) is 10.6. The summed E-state index contributed by atoms with van der Waals surface area (Å²) < 4.78 is 5.84. The van der Waals surface area contributed by atoms with Crippen molar-refractivity contribution in [1.82, 2.24) is 5.43 Å². The molecule has 0 atom stereocenters. The van der Waals surface area contributed by atoms with Gasteiger partial charge in [0.2, 0.25) is 0 Å². The number of furan rings is 1. The summed E-state index contributed by atoms with van der Waals surface area (Å²) in [6.07, 6.45) is 2.89. The molecule has 1 aromatic carbocycles. The van der Waals surface area contributed by atoms with Crippen molar-refractivity contribution in [2.24, 2.45) is 5.10 Å². The quantitative estimate of drug-likeness (QED) is 0.454. The number of nitro groups is 1. The number of thiophene rings is 1. The maximum Gasteiger partial charge on any atom is 0.281 e. The average molecular weight is 315 g/mol. The molecule has 7 nitrogen and oxygen atoms in total. The van der Waals surface area contributed by atoms with Crippen molar-refractivity contribution in [1.29, 1.82) is 0 Å². The number of rotatable bonds is 4. The van der Waals surface area contributed by atoms with Crippen molar-refractivity contribution < 1.29 is 14.1 Å². The van der Waals surface area contributed by atoms with Gasteiger partial charge in [0.1, 0.15) is 5.76 Å². The molecule has 3 aromatic rings. The predicted molar refractivity (Wildman–Crippen MR) is 82.2 cm³/mol. The van der Waals surface area contributed by atoms with Crippen molar-refractivity contribution >= 4 is 39.2 Å². The first-order valence-electron chi connectivity index (χ1n) is 6.18. The van der Waals surface area contributed by atoms with Crippen LogP contribution >= 0.6 is 11.3 Å². The molecule has 1 amide bonds. The van der Waals surface area contributed by atoms with Gasteiger partial charge in [-0.25, -0.2) is 5.43 Å². The Labute approximate surface area is 128 Å². The molecule has 0 fully saturated rings. The monoisotopic (exact) mass is 315 g/mol. The van der Waals surface area contributed by atoms with Crippen molar-refractivity contribution in [2.75, 3.05) is 0 Å². The Hall–Kier alpha value is -3.00. The Balaban J connectivity index is 1.77. The van der Waals surface area contributed by atoms with E-state index >= 15 is 0 Å². The molecule has 0 aliphatic rings. The molecule has 8 heteroatoms. The van der Waals surface area contributed by atoms with Gasteiger partial charge in [0, 0.05) is 22.2 Å². The lowest BCUT2D eigenvalue weighted by Gasteiger charge is -1.93. The zero-order chi connectivity index (χ0) is 15.5. The van der Waals surface area contributed by atoms with E-state index in [1.165, 1.54) is 35.9 Å².